The van der Waals surface area contributed by atoms with E-state index in [0.29, 0.717) is 0 Å². The number of hydrogen-bond acceptors (Lipinski definition) is 5. The molecule has 0 aliphatic carbocycles. The third-order valence-corrected chi connectivity index (χ3v) is 2.83. The van der Waals surface area contributed by atoms with Crippen LogP contribution in [0.3, 0.4) is 0 Å². The molecule has 2 aromatic rings. The Bertz CT molecular complexity index is 642. The van der Waals surface area contributed by atoms with Gasteiger partial charge in [0.2, 0.25) is 0 Å². The van der Waals surface area contributed by atoms with Crippen LogP contribution in [0.15, 0.2) is 35.3 Å². The summed E-state index contributed by atoms with van der Waals surface area (Å²) < 4.78 is 4.90. The average molecular weight is 296 g/mol. The van der Waals surface area contributed by atoms with Crippen LogP contribution in [0.1, 0.15) is 15.9 Å². The number of nitro groups is 1. The fraction of sp³-hybridized carbons (Fsp3) is 0.167. The van der Waals surface area contributed by atoms with Gasteiger partial charge in [-0.2, -0.15) is 0 Å². The van der Waals surface area contributed by atoms with Crippen LogP contribution >= 0.6 is 11.6 Å². The number of pyridine rings is 1. The fourth-order valence-corrected chi connectivity index (χ4v) is 1.83. The number of halogens is 1. The number of nitrogens with zero attached hydrogens (tertiary/aromatic N) is 3. The summed E-state index contributed by atoms with van der Waals surface area (Å²) in [5.74, 6) is -0.512. The van der Waals surface area contributed by atoms with Crippen LogP contribution in [0.2, 0.25) is 5.15 Å². The van der Waals surface area contributed by atoms with E-state index in [0.717, 1.165) is 11.8 Å². The molecule has 0 N–H and O–H groups in total. The topological polar surface area (TPSA) is 89.5 Å². The van der Waals surface area contributed by atoms with E-state index < -0.39 is 10.8 Å². The van der Waals surface area contributed by atoms with Gasteiger partial charge in [0, 0.05) is 19.2 Å². The summed E-state index contributed by atoms with van der Waals surface area (Å²) in [6, 6.07) is 2.89. The van der Waals surface area contributed by atoms with Gasteiger partial charge < -0.3 is 9.32 Å². The third-order valence-electron chi connectivity index (χ3n) is 2.62. The zero-order valence-electron chi connectivity index (χ0n) is 10.4. The molecule has 8 heteroatoms. The van der Waals surface area contributed by atoms with Gasteiger partial charge in [-0.1, -0.05) is 11.6 Å². The largest absolute Gasteiger partial charge is 0.472 e. The lowest BCUT2D eigenvalue weighted by molar-refractivity contribution is -0.385. The van der Waals surface area contributed by atoms with Gasteiger partial charge in [-0.05, 0) is 12.1 Å². The molecule has 2 heterocycles. The number of amides is 1. The Morgan fingerprint density at radius 3 is 2.95 bits per heavy atom. The van der Waals surface area contributed by atoms with Crippen LogP contribution in [-0.2, 0) is 6.54 Å². The van der Waals surface area contributed by atoms with E-state index in [-0.39, 0.29) is 22.9 Å². The zero-order chi connectivity index (χ0) is 14.7. The highest BCUT2D eigenvalue weighted by Crippen LogP contribution is 2.22. The number of furan rings is 1. The number of carbonyl (C=O) groups is 1. The molecule has 0 atom stereocenters. The Kier molecular flexibility index (Phi) is 3.99. The van der Waals surface area contributed by atoms with E-state index in [1.54, 1.807) is 6.07 Å². The monoisotopic (exact) mass is 295 g/mol. The summed E-state index contributed by atoms with van der Waals surface area (Å²) in [4.78, 5) is 27.5. The predicted molar refractivity (Wildman–Crippen MR) is 70.4 cm³/mol. The van der Waals surface area contributed by atoms with Crippen molar-refractivity contribution in [3.05, 3.63) is 57.3 Å². The lowest BCUT2D eigenvalue weighted by atomic mass is 10.2. The molecule has 0 aliphatic rings. The van der Waals surface area contributed by atoms with Gasteiger partial charge in [0.15, 0.2) is 0 Å². The van der Waals surface area contributed by atoms with E-state index in [1.807, 2.05) is 0 Å². The van der Waals surface area contributed by atoms with Crippen molar-refractivity contribution < 1.29 is 14.1 Å². The van der Waals surface area contributed by atoms with Crippen LogP contribution in [-0.4, -0.2) is 27.8 Å². The highest BCUT2D eigenvalue weighted by atomic mass is 35.5. The molecule has 0 bridgehead atoms. The highest BCUT2D eigenvalue weighted by molar-refractivity contribution is 6.29. The zero-order valence-corrected chi connectivity index (χ0v) is 11.2. The van der Waals surface area contributed by atoms with Crippen molar-refractivity contribution in [3.8, 4) is 0 Å². The van der Waals surface area contributed by atoms with Gasteiger partial charge in [-0.15, -0.1) is 0 Å². The van der Waals surface area contributed by atoms with Crippen LogP contribution in [0, 0.1) is 10.1 Å². The molecule has 2 aromatic heterocycles. The molecule has 0 unspecified atom stereocenters. The van der Waals surface area contributed by atoms with Crippen molar-refractivity contribution in [2.24, 2.45) is 0 Å². The highest BCUT2D eigenvalue weighted by Gasteiger charge is 2.24. The third kappa shape index (κ3) is 2.94. The molecule has 0 saturated carbocycles. The molecule has 104 valence electrons. The van der Waals surface area contributed by atoms with Crippen molar-refractivity contribution in [2.75, 3.05) is 7.05 Å². The molecule has 0 fully saturated rings. The summed E-state index contributed by atoms with van der Waals surface area (Å²) in [7, 11) is 1.54. The number of rotatable bonds is 4. The second kappa shape index (κ2) is 5.70. The molecule has 0 radical (unpaired) electrons. The summed E-state index contributed by atoms with van der Waals surface area (Å²) in [6.45, 7) is 0.270. The Labute approximate surface area is 118 Å². The maximum atomic E-state index is 12.3. The molecule has 0 spiro atoms. The number of aromatic nitrogens is 1. The van der Waals surface area contributed by atoms with Crippen LogP contribution in [0.5, 0.6) is 0 Å². The molecule has 2 rings (SSSR count). The van der Waals surface area contributed by atoms with Crippen LogP contribution in [0.4, 0.5) is 5.69 Å². The van der Waals surface area contributed by atoms with E-state index in [9.17, 15) is 14.9 Å². The molecule has 7 nitrogen and oxygen atoms in total. The minimum atomic E-state index is -0.664. The maximum Gasteiger partial charge on any atom is 0.300 e. The Morgan fingerprint density at radius 1 is 1.60 bits per heavy atom. The Morgan fingerprint density at radius 2 is 2.35 bits per heavy atom. The van der Waals surface area contributed by atoms with Crippen molar-refractivity contribution in [1.29, 1.82) is 0 Å². The fourth-order valence-electron chi connectivity index (χ4n) is 1.67. The number of hydrogen-bond donors (Lipinski definition) is 0. The first kappa shape index (κ1) is 14.0. The summed E-state index contributed by atoms with van der Waals surface area (Å²) in [6.07, 6.45) is 3.96. The van der Waals surface area contributed by atoms with E-state index in [1.165, 1.54) is 30.5 Å². The van der Waals surface area contributed by atoms with Crippen molar-refractivity contribution in [2.45, 2.75) is 6.54 Å². The van der Waals surface area contributed by atoms with Gasteiger partial charge >= 0.3 is 0 Å². The Balaban J connectivity index is 2.28. The predicted octanol–water partition coefficient (Wildman–Crippen LogP) is 2.51. The first-order chi connectivity index (χ1) is 9.49. The molecular formula is C12H10ClN3O4. The SMILES string of the molecule is CN(Cc1ccoc1)C(=O)c1cc(Cl)ncc1[N+](=O)[O-]. The van der Waals surface area contributed by atoms with Gasteiger partial charge in [0.25, 0.3) is 11.6 Å². The Hall–Kier alpha value is -2.41. The van der Waals surface area contributed by atoms with Crippen molar-refractivity contribution in [1.82, 2.24) is 9.88 Å². The minimum Gasteiger partial charge on any atom is -0.472 e. The summed E-state index contributed by atoms with van der Waals surface area (Å²) in [5.41, 5.74) is 0.308. The summed E-state index contributed by atoms with van der Waals surface area (Å²) >= 11 is 5.69. The van der Waals surface area contributed by atoms with Gasteiger partial charge in [-0.25, -0.2) is 4.98 Å². The quantitative estimate of drug-likeness (QED) is 0.491. The molecule has 0 aromatic carbocycles. The minimum absolute atomic E-state index is 0.0238. The van der Waals surface area contributed by atoms with Crippen molar-refractivity contribution >= 4 is 23.2 Å². The van der Waals surface area contributed by atoms with Gasteiger partial charge in [-0.3, -0.25) is 14.9 Å². The molecule has 20 heavy (non-hydrogen) atoms. The van der Waals surface area contributed by atoms with Crippen LogP contribution in [0.25, 0.3) is 0 Å². The lowest BCUT2D eigenvalue weighted by Gasteiger charge is -2.16. The van der Waals surface area contributed by atoms with Gasteiger partial charge in [0.05, 0.1) is 17.4 Å². The lowest BCUT2D eigenvalue weighted by Crippen LogP contribution is -2.26. The molecular weight excluding hydrogens is 286 g/mol. The smallest absolute Gasteiger partial charge is 0.300 e. The van der Waals surface area contributed by atoms with Crippen molar-refractivity contribution in [3.63, 3.8) is 0 Å². The molecule has 0 aliphatic heterocycles. The summed E-state index contributed by atoms with van der Waals surface area (Å²) in [5, 5.41) is 10.9. The second-order valence-electron chi connectivity index (χ2n) is 4.07. The van der Waals surface area contributed by atoms with E-state index in [4.69, 9.17) is 16.0 Å². The van der Waals surface area contributed by atoms with Crippen LogP contribution < -0.4 is 0 Å². The maximum absolute atomic E-state index is 12.3. The first-order valence-electron chi connectivity index (χ1n) is 5.55. The van der Waals surface area contributed by atoms with Gasteiger partial charge in [0.1, 0.15) is 16.9 Å². The second-order valence-corrected chi connectivity index (χ2v) is 4.46. The van der Waals surface area contributed by atoms with E-state index in [2.05, 4.69) is 4.98 Å². The number of carbonyl (C=O) groups excluding carboxylic acids is 1. The molecule has 1 amide bonds. The molecule has 0 saturated heterocycles. The first-order valence-corrected chi connectivity index (χ1v) is 5.93. The standard InChI is InChI=1S/C12H10ClN3O4/c1-15(6-8-2-3-20-7-8)12(17)9-4-11(13)14-5-10(9)16(18)19/h2-5,7H,6H2,1H3. The average Bonchev–Trinajstić information content (AvgIpc) is 2.90. The van der Waals surface area contributed by atoms with E-state index >= 15 is 0 Å². The normalized spacial score (nSPS) is 10.3.